The minimum Gasteiger partial charge on any atom is -0.481 e. The molecule has 1 saturated heterocycles. The Balaban J connectivity index is 2.71. The summed E-state index contributed by atoms with van der Waals surface area (Å²) in [5.74, 6) is -3.21. The van der Waals surface area contributed by atoms with Gasteiger partial charge in [-0.1, -0.05) is 0 Å². The number of carboxylic acid groups (broad SMARTS) is 1. The summed E-state index contributed by atoms with van der Waals surface area (Å²) in [7, 11) is 0. The Hall–Kier alpha value is -1.10. The van der Waals surface area contributed by atoms with Gasteiger partial charge in [0.15, 0.2) is 0 Å². The molecular weight excluding hydrogens is 150 g/mol. The first-order valence-corrected chi connectivity index (χ1v) is 3.28. The lowest BCUT2D eigenvalue weighted by Gasteiger charge is -2.07. The van der Waals surface area contributed by atoms with Gasteiger partial charge in [0, 0.05) is 19.1 Å². The van der Waals surface area contributed by atoms with Crippen LogP contribution in [-0.4, -0.2) is 35.2 Å². The number of aliphatic carboxylic acids is 1. The van der Waals surface area contributed by atoms with Crippen LogP contribution < -0.4 is 5.32 Å². The van der Waals surface area contributed by atoms with Crippen molar-refractivity contribution in [3.05, 3.63) is 0 Å². The molecule has 1 fully saturated rings. The second kappa shape index (κ2) is 2.87. The van der Waals surface area contributed by atoms with E-state index in [1.165, 1.54) is 0 Å². The highest BCUT2D eigenvalue weighted by Crippen LogP contribution is 2.16. The van der Waals surface area contributed by atoms with Crippen molar-refractivity contribution >= 4 is 11.9 Å². The number of carbonyl (C=O) groups is 2. The predicted molar refractivity (Wildman–Crippen MR) is 34.7 cm³/mol. The Bertz CT molecular complexity index is 191. The third-order valence-corrected chi connectivity index (χ3v) is 1.79. The van der Waals surface area contributed by atoms with E-state index in [0.29, 0.717) is 0 Å². The van der Waals surface area contributed by atoms with Gasteiger partial charge in [0.25, 0.3) is 0 Å². The van der Waals surface area contributed by atoms with Crippen LogP contribution in [0, 0.1) is 11.8 Å². The lowest BCUT2D eigenvalue weighted by molar-refractivity contribution is -0.147. The van der Waals surface area contributed by atoms with Crippen LogP contribution in [0.15, 0.2) is 0 Å². The summed E-state index contributed by atoms with van der Waals surface area (Å²) in [5, 5.41) is 19.5. The van der Waals surface area contributed by atoms with E-state index in [-0.39, 0.29) is 13.2 Å². The van der Waals surface area contributed by atoms with Crippen molar-refractivity contribution in [2.75, 3.05) is 13.2 Å². The molecule has 1 heterocycles. The highest BCUT2D eigenvalue weighted by molar-refractivity contribution is 5.98. The van der Waals surface area contributed by atoms with Gasteiger partial charge in [-0.05, 0) is 0 Å². The maximum absolute atomic E-state index is 10.8. The van der Waals surface area contributed by atoms with Crippen LogP contribution in [0.1, 0.15) is 0 Å². The van der Waals surface area contributed by atoms with Crippen LogP contribution in [0.2, 0.25) is 0 Å². The summed E-state index contributed by atoms with van der Waals surface area (Å²) >= 11 is 0. The van der Waals surface area contributed by atoms with E-state index < -0.39 is 23.7 Å². The molecule has 0 unspecified atom stereocenters. The van der Waals surface area contributed by atoms with Gasteiger partial charge in [0.1, 0.15) is 5.92 Å². The van der Waals surface area contributed by atoms with Crippen LogP contribution in [0.4, 0.5) is 0 Å². The van der Waals surface area contributed by atoms with Crippen LogP contribution in [0.5, 0.6) is 0 Å². The van der Waals surface area contributed by atoms with Gasteiger partial charge in [0.2, 0.25) is 5.91 Å². The van der Waals surface area contributed by atoms with Crippen LogP contribution in [0.3, 0.4) is 0 Å². The predicted octanol–water partition coefficient (Wildman–Crippen LogP) is -1.57. The zero-order valence-corrected chi connectivity index (χ0v) is 5.78. The van der Waals surface area contributed by atoms with Crippen molar-refractivity contribution in [1.82, 2.24) is 5.32 Å². The van der Waals surface area contributed by atoms with E-state index in [1.807, 2.05) is 0 Å². The molecule has 0 spiro atoms. The topological polar surface area (TPSA) is 86.6 Å². The molecule has 0 radical (unpaired) electrons. The van der Waals surface area contributed by atoms with Crippen molar-refractivity contribution in [3.63, 3.8) is 0 Å². The first-order chi connectivity index (χ1) is 5.16. The van der Waals surface area contributed by atoms with Crippen molar-refractivity contribution in [1.29, 1.82) is 0 Å². The van der Waals surface area contributed by atoms with Gasteiger partial charge in [-0.25, -0.2) is 0 Å². The molecule has 0 aromatic heterocycles. The first kappa shape index (κ1) is 8.00. The Morgan fingerprint density at radius 3 is 2.73 bits per heavy atom. The molecule has 0 saturated carbocycles. The average molecular weight is 159 g/mol. The molecule has 1 amide bonds. The molecule has 5 heteroatoms. The van der Waals surface area contributed by atoms with Crippen molar-refractivity contribution < 1.29 is 19.8 Å². The van der Waals surface area contributed by atoms with Gasteiger partial charge >= 0.3 is 5.97 Å². The normalized spacial score (nSPS) is 30.1. The summed E-state index contributed by atoms with van der Waals surface area (Å²) < 4.78 is 0. The molecule has 0 aromatic rings. The van der Waals surface area contributed by atoms with Gasteiger partial charge < -0.3 is 15.5 Å². The highest BCUT2D eigenvalue weighted by Gasteiger charge is 2.39. The Morgan fingerprint density at radius 2 is 2.36 bits per heavy atom. The zero-order chi connectivity index (χ0) is 8.43. The van der Waals surface area contributed by atoms with Crippen LogP contribution in [-0.2, 0) is 9.59 Å². The largest absolute Gasteiger partial charge is 0.481 e. The minimum absolute atomic E-state index is 0.256. The second-order valence-electron chi connectivity index (χ2n) is 2.50. The number of rotatable bonds is 2. The van der Waals surface area contributed by atoms with Crippen molar-refractivity contribution in [2.24, 2.45) is 11.8 Å². The third-order valence-electron chi connectivity index (χ3n) is 1.79. The first-order valence-electron chi connectivity index (χ1n) is 3.28. The SMILES string of the molecule is O=C(O)[C@H]1C(=O)NC[C@@H]1CO. The van der Waals surface area contributed by atoms with E-state index in [0.717, 1.165) is 0 Å². The van der Waals surface area contributed by atoms with Crippen molar-refractivity contribution in [2.45, 2.75) is 0 Å². The highest BCUT2D eigenvalue weighted by atomic mass is 16.4. The quantitative estimate of drug-likeness (QED) is 0.424. The molecule has 1 aliphatic heterocycles. The van der Waals surface area contributed by atoms with Crippen LogP contribution in [0.25, 0.3) is 0 Å². The summed E-state index contributed by atoms with van der Waals surface area (Å²) in [5.41, 5.74) is 0. The molecule has 1 aliphatic rings. The third kappa shape index (κ3) is 1.32. The number of aliphatic hydroxyl groups excluding tert-OH is 1. The molecule has 2 atom stereocenters. The maximum Gasteiger partial charge on any atom is 0.316 e. The molecule has 1 rings (SSSR count). The van der Waals surface area contributed by atoms with E-state index in [1.54, 1.807) is 0 Å². The van der Waals surface area contributed by atoms with E-state index >= 15 is 0 Å². The number of nitrogens with one attached hydrogen (secondary N) is 1. The molecule has 5 nitrogen and oxygen atoms in total. The fraction of sp³-hybridized carbons (Fsp3) is 0.667. The Morgan fingerprint density at radius 1 is 1.73 bits per heavy atom. The molecule has 11 heavy (non-hydrogen) atoms. The fourth-order valence-corrected chi connectivity index (χ4v) is 1.16. The maximum atomic E-state index is 10.8. The summed E-state index contributed by atoms with van der Waals surface area (Å²) in [6.45, 7) is -0.0119. The molecule has 3 N–H and O–H groups in total. The number of hydrogen-bond acceptors (Lipinski definition) is 3. The fourth-order valence-electron chi connectivity index (χ4n) is 1.16. The van der Waals surface area contributed by atoms with E-state index in [9.17, 15) is 9.59 Å². The zero-order valence-electron chi connectivity index (χ0n) is 5.78. The number of carboxylic acids is 1. The standard InChI is InChI=1S/C6H9NO4/c8-2-3-1-7-5(9)4(3)6(10)11/h3-4,8H,1-2H2,(H,7,9)(H,10,11)/t3-,4-/m1/s1. The molecular formula is C6H9NO4. The lowest BCUT2D eigenvalue weighted by atomic mass is 9.97. The Kier molecular flexibility index (Phi) is 2.09. The second-order valence-corrected chi connectivity index (χ2v) is 2.50. The minimum atomic E-state index is -1.17. The molecule has 62 valence electrons. The smallest absolute Gasteiger partial charge is 0.316 e. The average Bonchev–Trinajstić information content (AvgIpc) is 2.30. The number of amides is 1. The van der Waals surface area contributed by atoms with Gasteiger partial charge in [0.05, 0.1) is 0 Å². The van der Waals surface area contributed by atoms with Crippen molar-refractivity contribution in [3.8, 4) is 0 Å². The van der Waals surface area contributed by atoms with Gasteiger partial charge in [-0.15, -0.1) is 0 Å². The van der Waals surface area contributed by atoms with Gasteiger partial charge in [-0.2, -0.15) is 0 Å². The summed E-state index contributed by atoms with van der Waals surface area (Å²) in [4.78, 5) is 21.2. The summed E-state index contributed by atoms with van der Waals surface area (Å²) in [6.07, 6.45) is 0. The number of hydrogen-bond donors (Lipinski definition) is 3. The number of carbonyl (C=O) groups excluding carboxylic acids is 1. The van der Waals surface area contributed by atoms with Gasteiger partial charge in [-0.3, -0.25) is 9.59 Å². The lowest BCUT2D eigenvalue weighted by Crippen LogP contribution is -2.28. The van der Waals surface area contributed by atoms with E-state index in [2.05, 4.69) is 5.32 Å². The van der Waals surface area contributed by atoms with E-state index in [4.69, 9.17) is 10.2 Å². The monoisotopic (exact) mass is 159 g/mol. The number of aliphatic hydroxyl groups is 1. The molecule has 0 bridgehead atoms. The van der Waals surface area contributed by atoms with Crippen LogP contribution >= 0.6 is 0 Å². The molecule has 0 aliphatic carbocycles. The molecule has 0 aromatic carbocycles. The Labute approximate surface area is 63.0 Å². The summed E-state index contributed by atoms with van der Waals surface area (Å²) in [6, 6.07) is 0.